The van der Waals surface area contributed by atoms with E-state index in [0.29, 0.717) is 31.9 Å². The van der Waals surface area contributed by atoms with Crippen LogP contribution in [-0.2, 0) is 11.3 Å². The van der Waals surface area contributed by atoms with Crippen molar-refractivity contribution >= 4 is 5.82 Å². The largest absolute Gasteiger partial charge is 0.391 e. The van der Waals surface area contributed by atoms with E-state index in [-0.39, 0.29) is 5.56 Å². The summed E-state index contributed by atoms with van der Waals surface area (Å²) >= 11 is 0. The highest BCUT2D eigenvalue weighted by atomic mass is 16.5. The van der Waals surface area contributed by atoms with Gasteiger partial charge in [-0.05, 0) is 12.8 Å². The third-order valence-electron chi connectivity index (χ3n) is 2.51. The van der Waals surface area contributed by atoms with Gasteiger partial charge in [0.15, 0.2) is 5.82 Å². The first-order chi connectivity index (χ1) is 8.69. The zero-order valence-corrected chi connectivity index (χ0v) is 10.9. The summed E-state index contributed by atoms with van der Waals surface area (Å²) in [4.78, 5) is 15.9. The molecule has 0 saturated heterocycles. The van der Waals surface area contributed by atoms with E-state index in [9.17, 15) is 9.90 Å². The van der Waals surface area contributed by atoms with Gasteiger partial charge in [0.25, 0.3) is 5.56 Å². The van der Waals surface area contributed by atoms with Gasteiger partial charge in [0.1, 0.15) is 0 Å². The Hall–Kier alpha value is -1.40. The monoisotopic (exact) mass is 255 g/mol. The normalized spacial score (nSPS) is 12.4. The van der Waals surface area contributed by atoms with Crippen LogP contribution in [0, 0.1) is 0 Å². The zero-order valence-electron chi connectivity index (χ0n) is 10.9. The fourth-order valence-electron chi connectivity index (χ4n) is 1.62. The summed E-state index contributed by atoms with van der Waals surface area (Å²) in [6.45, 7) is 3.48. The van der Waals surface area contributed by atoms with Crippen LogP contribution in [0.1, 0.15) is 19.8 Å². The first-order valence-electron chi connectivity index (χ1n) is 6.15. The number of hydrogen-bond acceptors (Lipinski definition) is 5. The fraction of sp³-hybridized carbons (Fsp3) is 0.667. The predicted octanol–water partition coefficient (Wildman–Crippen LogP) is 0.463. The minimum atomic E-state index is -0.524. The third kappa shape index (κ3) is 4.46. The Morgan fingerprint density at radius 2 is 2.39 bits per heavy atom. The van der Waals surface area contributed by atoms with Crippen molar-refractivity contribution in [2.24, 2.45) is 0 Å². The summed E-state index contributed by atoms with van der Waals surface area (Å²) in [5.74, 6) is 0.329. The Bertz CT molecular complexity index is 406. The molecule has 102 valence electrons. The summed E-state index contributed by atoms with van der Waals surface area (Å²) in [6.07, 6.45) is 4.17. The van der Waals surface area contributed by atoms with E-state index in [1.807, 2.05) is 6.92 Å². The molecule has 0 fully saturated rings. The highest BCUT2D eigenvalue weighted by Gasteiger charge is 2.06. The third-order valence-corrected chi connectivity index (χ3v) is 2.51. The molecular weight excluding hydrogens is 234 g/mol. The van der Waals surface area contributed by atoms with Crippen molar-refractivity contribution in [2.45, 2.75) is 32.4 Å². The number of nitrogens with zero attached hydrogens (tertiary/aromatic N) is 2. The predicted molar refractivity (Wildman–Crippen MR) is 69.8 cm³/mol. The number of nitrogens with one attached hydrogen (secondary N) is 1. The SMILES string of the molecule is CCCn1ccnc(NCCC(O)COC)c1=O. The summed E-state index contributed by atoms with van der Waals surface area (Å²) in [6, 6.07) is 0. The molecule has 0 aliphatic heterocycles. The topological polar surface area (TPSA) is 76.4 Å². The first-order valence-corrected chi connectivity index (χ1v) is 6.15. The van der Waals surface area contributed by atoms with Crippen molar-refractivity contribution in [1.29, 1.82) is 0 Å². The Morgan fingerprint density at radius 3 is 3.06 bits per heavy atom. The van der Waals surface area contributed by atoms with E-state index in [1.54, 1.807) is 24.1 Å². The molecule has 1 atom stereocenters. The van der Waals surface area contributed by atoms with Crippen molar-refractivity contribution in [3.05, 3.63) is 22.7 Å². The van der Waals surface area contributed by atoms with E-state index >= 15 is 0 Å². The minimum absolute atomic E-state index is 0.124. The van der Waals surface area contributed by atoms with Crippen LogP contribution >= 0.6 is 0 Å². The number of ether oxygens (including phenoxy) is 1. The molecule has 0 saturated carbocycles. The van der Waals surface area contributed by atoms with Crippen molar-refractivity contribution in [1.82, 2.24) is 9.55 Å². The molecule has 1 aromatic rings. The molecule has 0 bridgehead atoms. The number of aliphatic hydroxyl groups is 1. The van der Waals surface area contributed by atoms with Gasteiger partial charge >= 0.3 is 0 Å². The van der Waals surface area contributed by atoms with Crippen LogP contribution in [0.25, 0.3) is 0 Å². The Labute approximate surface area is 107 Å². The molecule has 6 nitrogen and oxygen atoms in total. The highest BCUT2D eigenvalue weighted by Crippen LogP contribution is 1.97. The lowest BCUT2D eigenvalue weighted by atomic mass is 10.2. The van der Waals surface area contributed by atoms with Gasteiger partial charge in [-0.1, -0.05) is 6.92 Å². The fourth-order valence-corrected chi connectivity index (χ4v) is 1.62. The van der Waals surface area contributed by atoms with Crippen molar-refractivity contribution < 1.29 is 9.84 Å². The summed E-state index contributed by atoms with van der Waals surface area (Å²) in [5.41, 5.74) is -0.124. The average molecular weight is 255 g/mol. The van der Waals surface area contributed by atoms with Gasteiger partial charge < -0.3 is 19.7 Å². The number of methoxy groups -OCH3 is 1. The molecule has 0 aliphatic carbocycles. The van der Waals surface area contributed by atoms with Crippen LogP contribution in [-0.4, -0.2) is 41.0 Å². The minimum Gasteiger partial charge on any atom is -0.391 e. The molecule has 18 heavy (non-hydrogen) atoms. The maximum absolute atomic E-state index is 11.9. The second-order valence-electron chi connectivity index (χ2n) is 4.10. The molecule has 6 heteroatoms. The molecule has 1 rings (SSSR count). The Morgan fingerprint density at radius 1 is 1.61 bits per heavy atom. The van der Waals surface area contributed by atoms with Crippen LogP contribution in [0.2, 0.25) is 0 Å². The molecule has 0 amide bonds. The van der Waals surface area contributed by atoms with Gasteiger partial charge in [-0.3, -0.25) is 4.79 Å². The maximum Gasteiger partial charge on any atom is 0.293 e. The summed E-state index contributed by atoms with van der Waals surface area (Å²) in [7, 11) is 1.54. The Kier molecular flexibility index (Phi) is 6.38. The molecule has 0 aliphatic rings. The van der Waals surface area contributed by atoms with E-state index < -0.39 is 6.10 Å². The van der Waals surface area contributed by atoms with E-state index in [4.69, 9.17) is 4.74 Å². The number of anilines is 1. The van der Waals surface area contributed by atoms with Crippen LogP contribution in [0.4, 0.5) is 5.82 Å². The van der Waals surface area contributed by atoms with Gasteiger partial charge in [-0.2, -0.15) is 0 Å². The lowest BCUT2D eigenvalue weighted by molar-refractivity contribution is 0.0615. The zero-order chi connectivity index (χ0) is 13.4. The molecule has 0 aromatic carbocycles. The first kappa shape index (κ1) is 14.7. The molecule has 1 heterocycles. The second-order valence-corrected chi connectivity index (χ2v) is 4.10. The van der Waals surface area contributed by atoms with Crippen LogP contribution in [0.5, 0.6) is 0 Å². The molecular formula is C12H21N3O3. The van der Waals surface area contributed by atoms with E-state index in [2.05, 4.69) is 10.3 Å². The standard InChI is InChI=1S/C12H21N3O3/c1-3-7-15-8-6-14-11(12(15)17)13-5-4-10(16)9-18-2/h6,8,10,16H,3-5,7,9H2,1-2H3,(H,13,14). The van der Waals surface area contributed by atoms with Crippen LogP contribution < -0.4 is 10.9 Å². The Balaban J connectivity index is 2.52. The number of rotatable bonds is 8. The molecule has 2 N–H and O–H groups in total. The highest BCUT2D eigenvalue weighted by molar-refractivity contribution is 5.30. The van der Waals surface area contributed by atoms with Crippen molar-refractivity contribution in [3.63, 3.8) is 0 Å². The van der Waals surface area contributed by atoms with Gasteiger partial charge in [0.2, 0.25) is 0 Å². The summed E-state index contributed by atoms with van der Waals surface area (Å²) in [5, 5.41) is 12.4. The average Bonchev–Trinajstić information content (AvgIpc) is 2.34. The number of aryl methyl sites for hydroxylation is 1. The summed E-state index contributed by atoms with van der Waals surface area (Å²) < 4.78 is 6.45. The van der Waals surface area contributed by atoms with Crippen LogP contribution in [0.3, 0.4) is 0 Å². The van der Waals surface area contributed by atoms with Crippen molar-refractivity contribution in [2.75, 3.05) is 25.6 Å². The van der Waals surface area contributed by atoms with Gasteiger partial charge in [0, 0.05) is 32.6 Å². The lowest BCUT2D eigenvalue weighted by Crippen LogP contribution is -2.26. The number of aromatic nitrogens is 2. The smallest absolute Gasteiger partial charge is 0.293 e. The molecule has 1 unspecified atom stereocenters. The van der Waals surface area contributed by atoms with E-state index in [0.717, 1.165) is 6.42 Å². The van der Waals surface area contributed by atoms with Crippen molar-refractivity contribution in [3.8, 4) is 0 Å². The van der Waals surface area contributed by atoms with Gasteiger partial charge in [-0.15, -0.1) is 0 Å². The molecule has 0 spiro atoms. The molecule has 0 radical (unpaired) electrons. The second kappa shape index (κ2) is 7.84. The van der Waals surface area contributed by atoms with Crippen LogP contribution in [0.15, 0.2) is 17.2 Å². The number of hydrogen-bond donors (Lipinski definition) is 2. The quantitative estimate of drug-likeness (QED) is 0.706. The van der Waals surface area contributed by atoms with Gasteiger partial charge in [0.05, 0.1) is 12.7 Å². The number of aliphatic hydroxyl groups excluding tert-OH is 1. The van der Waals surface area contributed by atoms with Gasteiger partial charge in [-0.25, -0.2) is 4.98 Å². The van der Waals surface area contributed by atoms with E-state index in [1.165, 1.54) is 0 Å². The maximum atomic E-state index is 11.9. The molecule has 1 aromatic heterocycles. The lowest BCUT2D eigenvalue weighted by Gasteiger charge is -2.11.